The van der Waals surface area contributed by atoms with Crippen LogP contribution >= 0.6 is 0 Å². The minimum atomic E-state index is 0.157. The third-order valence-corrected chi connectivity index (χ3v) is 10.0. The van der Waals surface area contributed by atoms with Crippen LogP contribution in [0.4, 0.5) is 0 Å². The Kier molecular flexibility index (Phi) is 8.37. The molecule has 4 heterocycles. The van der Waals surface area contributed by atoms with Crippen LogP contribution in [0.2, 0.25) is 0 Å². The van der Waals surface area contributed by atoms with Gasteiger partial charge in [0.1, 0.15) is 0 Å². The van der Waals surface area contributed by atoms with Gasteiger partial charge in [-0.1, -0.05) is 111 Å². The summed E-state index contributed by atoms with van der Waals surface area (Å²) in [5.41, 5.74) is 15.5. The van der Waals surface area contributed by atoms with E-state index in [0.29, 0.717) is 0 Å². The Morgan fingerprint density at radius 3 is 1.42 bits per heavy atom. The number of rotatable bonds is 6. The fourth-order valence-corrected chi connectivity index (χ4v) is 8.05. The average molecular weight is 697 g/mol. The highest BCUT2D eigenvalue weighted by molar-refractivity contribution is 6.08. The van der Waals surface area contributed by atoms with Crippen molar-refractivity contribution in [3.05, 3.63) is 132 Å². The van der Waals surface area contributed by atoms with E-state index in [1.54, 1.807) is 0 Å². The summed E-state index contributed by atoms with van der Waals surface area (Å²) in [6, 6.07) is 42.5. The van der Waals surface area contributed by atoms with Gasteiger partial charge in [-0.2, -0.15) is 0 Å². The Hall–Kier alpha value is -5.22. The Morgan fingerprint density at radius 1 is 0.415 bits per heavy atom. The Balaban J connectivity index is 1.25. The van der Waals surface area contributed by atoms with Crippen LogP contribution < -0.4 is 0 Å². The first kappa shape index (κ1) is 34.8. The lowest BCUT2D eigenvalue weighted by molar-refractivity contribution is 0.406. The SMILES string of the molecule is CC(C)(C)Cc1ccc2c(c1)c1nc(CC(C)(C)C)ccc1n2-c1cccc(-c2cccc(-n3c4ccccc4c4nc(CC(C)(C)C)ccc43)c2)c1. The summed E-state index contributed by atoms with van der Waals surface area (Å²) >= 11 is 0. The van der Waals surface area contributed by atoms with E-state index in [1.807, 2.05) is 0 Å². The lowest BCUT2D eigenvalue weighted by atomic mass is 9.88. The van der Waals surface area contributed by atoms with Crippen molar-refractivity contribution >= 4 is 43.9 Å². The normalized spacial score (nSPS) is 12.8. The van der Waals surface area contributed by atoms with E-state index in [1.165, 1.54) is 38.5 Å². The van der Waals surface area contributed by atoms with Crippen LogP contribution in [0.15, 0.2) is 115 Å². The van der Waals surface area contributed by atoms with Crippen molar-refractivity contribution in [2.24, 2.45) is 16.2 Å². The second-order valence-electron chi connectivity index (χ2n) is 18.7. The fraction of sp³-hybridized carbons (Fsp3) is 0.306. The van der Waals surface area contributed by atoms with Gasteiger partial charge in [-0.3, -0.25) is 9.97 Å². The minimum Gasteiger partial charge on any atom is -0.308 e. The molecule has 268 valence electrons. The van der Waals surface area contributed by atoms with Crippen molar-refractivity contribution in [3.8, 4) is 22.5 Å². The molecule has 0 saturated carbocycles. The first-order chi connectivity index (χ1) is 25.1. The molecule has 0 atom stereocenters. The van der Waals surface area contributed by atoms with Crippen molar-refractivity contribution < 1.29 is 0 Å². The molecule has 0 bridgehead atoms. The number of fused-ring (bicyclic) bond motifs is 6. The van der Waals surface area contributed by atoms with Gasteiger partial charge >= 0.3 is 0 Å². The molecule has 4 aromatic heterocycles. The first-order valence-electron chi connectivity index (χ1n) is 19.1. The molecule has 0 radical (unpaired) electrons. The summed E-state index contributed by atoms with van der Waals surface area (Å²) in [7, 11) is 0. The van der Waals surface area contributed by atoms with E-state index < -0.39 is 0 Å². The lowest BCUT2D eigenvalue weighted by Gasteiger charge is -2.18. The molecule has 0 amide bonds. The fourth-order valence-electron chi connectivity index (χ4n) is 8.05. The van der Waals surface area contributed by atoms with Crippen LogP contribution in [0, 0.1) is 16.2 Å². The second kappa shape index (κ2) is 12.7. The molecule has 0 spiro atoms. The monoisotopic (exact) mass is 696 g/mol. The molecule has 0 fully saturated rings. The van der Waals surface area contributed by atoms with E-state index in [4.69, 9.17) is 9.97 Å². The van der Waals surface area contributed by atoms with Crippen LogP contribution in [-0.2, 0) is 19.3 Å². The third-order valence-electron chi connectivity index (χ3n) is 10.0. The Morgan fingerprint density at radius 2 is 0.887 bits per heavy atom. The van der Waals surface area contributed by atoms with E-state index in [2.05, 4.69) is 187 Å². The second-order valence-corrected chi connectivity index (χ2v) is 18.7. The van der Waals surface area contributed by atoms with Gasteiger partial charge in [0.2, 0.25) is 0 Å². The zero-order valence-corrected chi connectivity index (χ0v) is 32.9. The number of benzene rings is 4. The zero-order chi connectivity index (χ0) is 37.3. The topological polar surface area (TPSA) is 35.6 Å². The first-order valence-corrected chi connectivity index (χ1v) is 19.1. The summed E-state index contributed by atoms with van der Waals surface area (Å²) < 4.78 is 4.77. The van der Waals surface area contributed by atoms with Gasteiger partial charge in [-0.05, 0) is 119 Å². The highest BCUT2D eigenvalue weighted by atomic mass is 15.0. The van der Waals surface area contributed by atoms with Crippen molar-refractivity contribution in [3.63, 3.8) is 0 Å². The summed E-state index contributed by atoms with van der Waals surface area (Å²) in [5, 5.41) is 2.40. The maximum absolute atomic E-state index is 5.34. The molecule has 0 aliphatic heterocycles. The quantitative estimate of drug-likeness (QED) is 0.173. The Bertz CT molecular complexity index is 2570. The maximum atomic E-state index is 5.34. The van der Waals surface area contributed by atoms with Crippen LogP contribution in [-0.4, -0.2) is 19.1 Å². The smallest absolute Gasteiger partial charge is 0.0966 e. The standard InChI is InChI=1S/C49H52N4/c1-47(2,3)29-32-20-23-42-40(26-32)46-44(25-22-36(51-46)31-49(7,8)9)53(42)38-17-13-15-34(28-38)33-14-12-16-37(27-33)52-41-19-11-10-18-39(41)45-43(52)24-21-35(50-45)30-48(4,5)6/h10-28H,29-31H2,1-9H3. The van der Waals surface area contributed by atoms with Gasteiger partial charge in [0.25, 0.3) is 0 Å². The summed E-state index contributed by atoms with van der Waals surface area (Å²) in [4.78, 5) is 10.6. The molecular formula is C49H52N4. The number of hydrogen-bond donors (Lipinski definition) is 0. The zero-order valence-electron chi connectivity index (χ0n) is 32.9. The summed E-state index contributed by atoms with van der Waals surface area (Å²) in [5.74, 6) is 0. The van der Waals surface area contributed by atoms with Gasteiger partial charge in [0, 0.05) is 33.5 Å². The van der Waals surface area contributed by atoms with Crippen LogP contribution in [0.3, 0.4) is 0 Å². The molecule has 0 saturated heterocycles. The summed E-state index contributed by atoms with van der Waals surface area (Å²) in [6.07, 6.45) is 2.89. The molecule has 4 heteroatoms. The van der Waals surface area contributed by atoms with E-state index in [-0.39, 0.29) is 16.2 Å². The number of hydrogen-bond acceptors (Lipinski definition) is 2. The van der Waals surface area contributed by atoms with Crippen LogP contribution in [0.1, 0.15) is 79.3 Å². The molecule has 8 aromatic rings. The van der Waals surface area contributed by atoms with Crippen LogP contribution in [0.5, 0.6) is 0 Å². The van der Waals surface area contributed by atoms with E-state index >= 15 is 0 Å². The largest absolute Gasteiger partial charge is 0.308 e. The summed E-state index contributed by atoms with van der Waals surface area (Å²) in [6.45, 7) is 20.6. The van der Waals surface area contributed by atoms with Gasteiger partial charge in [-0.25, -0.2) is 0 Å². The maximum Gasteiger partial charge on any atom is 0.0966 e. The molecule has 0 unspecified atom stereocenters. The molecule has 0 N–H and O–H groups in total. The highest BCUT2D eigenvalue weighted by Gasteiger charge is 2.21. The molecule has 4 aromatic carbocycles. The van der Waals surface area contributed by atoms with Crippen molar-refractivity contribution in [2.45, 2.75) is 81.6 Å². The predicted octanol–water partition coefficient (Wildman–Crippen LogP) is 13.1. The van der Waals surface area contributed by atoms with Crippen LogP contribution in [0.25, 0.3) is 66.4 Å². The van der Waals surface area contributed by atoms with Crippen molar-refractivity contribution in [1.82, 2.24) is 19.1 Å². The predicted molar refractivity (Wildman–Crippen MR) is 226 cm³/mol. The molecular weight excluding hydrogens is 645 g/mol. The van der Waals surface area contributed by atoms with Crippen molar-refractivity contribution in [1.29, 1.82) is 0 Å². The molecule has 0 aliphatic rings. The lowest BCUT2D eigenvalue weighted by Crippen LogP contribution is -2.10. The highest BCUT2D eigenvalue weighted by Crippen LogP contribution is 2.37. The molecule has 53 heavy (non-hydrogen) atoms. The Labute approximate surface area is 314 Å². The van der Waals surface area contributed by atoms with Crippen molar-refractivity contribution in [2.75, 3.05) is 0 Å². The molecule has 0 aliphatic carbocycles. The van der Waals surface area contributed by atoms with E-state index in [0.717, 1.165) is 64.1 Å². The van der Waals surface area contributed by atoms with Gasteiger partial charge in [-0.15, -0.1) is 0 Å². The third kappa shape index (κ3) is 7.00. The van der Waals surface area contributed by atoms with Gasteiger partial charge in [0.05, 0.1) is 33.1 Å². The average Bonchev–Trinajstić information content (AvgIpc) is 3.58. The molecule has 8 rings (SSSR count). The minimum absolute atomic E-state index is 0.157. The van der Waals surface area contributed by atoms with E-state index in [9.17, 15) is 0 Å². The molecule has 4 nitrogen and oxygen atoms in total. The number of para-hydroxylation sites is 1. The number of aromatic nitrogens is 4. The van der Waals surface area contributed by atoms with Gasteiger partial charge in [0.15, 0.2) is 0 Å². The number of nitrogens with zero attached hydrogens (tertiary/aromatic N) is 4. The number of pyridine rings is 2. The van der Waals surface area contributed by atoms with Gasteiger partial charge < -0.3 is 9.13 Å².